The third-order valence-corrected chi connectivity index (χ3v) is 4.95. The lowest BCUT2D eigenvalue weighted by Gasteiger charge is -2.53. The van der Waals surface area contributed by atoms with Gasteiger partial charge in [0.1, 0.15) is 5.82 Å². The molecule has 2 N–H and O–H groups in total. The van der Waals surface area contributed by atoms with Crippen LogP contribution in [0.2, 0.25) is 0 Å². The summed E-state index contributed by atoms with van der Waals surface area (Å²) in [5, 5.41) is 6.19. The molecular weight excluding hydrogens is 297 g/mol. The van der Waals surface area contributed by atoms with Gasteiger partial charge < -0.3 is 10.6 Å². The molecule has 0 aliphatic heterocycles. The molecule has 22 heavy (non-hydrogen) atoms. The van der Waals surface area contributed by atoms with E-state index >= 15 is 0 Å². The Morgan fingerprint density at radius 1 is 1.00 bits per heavy atom. The molecule has 0 unspecified atom stereocenters. The van der Waals surface area contributed by atoms with E-state index in [1.807, 2.05) is 0 Å². The normalized spacial score (nSPS) is 30.9. The van der Waals surface area contributed by atoms with Crippen molar-refractivity contribution in [3.8, 4) is 0 Å². The summed E-state index contributed by atoms with van der Waals surface area (Å²) in [6.45, 7) is 0. The van der Waals surface area contributed by atoms with Crippen LogP contribution in [0.3, 0.4) is 0 Å². The van der Waals surface area contributed by atoms with Gasteiger partial charge in [0.2, 0.25) is 6.41 Å². The van der Waals surface area contributed by atoms with Crippen molar-refractivity contribution in [3.63, 3.8) is 0 Å². The van der Waals surface area contributed by atoms with Gasteiger partial charge in [0.25, 0.3) is 0 Å². The summed E-state index contributed by atoms with van der Waals surface area (Å²) in [7, 11) is 0. The first-order valence-corrected chi connectivity index (χ1v) is 7.25. The van der Waals surface area contributed by atoms with Crippen molar-refractivity contribution < 1.29 is 18.0 Å². The smallest absolute Gasteiger partial charge is 0.363 e. The van der Waals surface area contributed by atoms with Crippen LogP contribution in [0.1, 0.15) is 44.2 Å². The van der Waals surface area contributed by atoms with Crippen molar-refractivity contribution in [1.82, 2.24) is 15.3 Å². The highest BCUT2D eigenvalue weighted by molar-refractivity contribution is 5.49. The molecule has 0 spiro atoms. The second kappa shape index (κ2) is 5.10. The third kappa shape index (κ3) is 2.74. The number of alkyl halides is 3. The van der Waals surface area contributed by atoms with E-state index in [1.54, 1.807) is 0 Å². The first kappa shape index (κ1) is 15.1. The zero-order valence-corrected chi connectivity index (χ0v) is 11.9. The van der Waals surface area contributed by atoms with Gasteiger partial charge in [0, 0.05) is 11.1 Å². The molecule has 1 amide bonds. The zero-order valence-electron chi connectivity index (χ0n) is 11.9. The average molecular weight is 314 g/mol. The maximum atomic E-state index is 12.5. The summed E-state index contributed by atoms with van der Waals surface area (Å²) >= 11 is 0. The Morgan fingerprint density at radius 3 is 2.05 bits per heavy atom. The van der Waals surface area contributed by atoms with E-state index in [1.165, 1.54) is 0 Å². The van der Waals surface area contributed by atoms with Gasteiger partial charge in [-0.3, -0.25) is 4.79 Å². The predicted molar refractivity (Wildman–Crippen MR) is 73.0 cm³/mol. The number of carbonyl (C=O) groups excluding carboxylic acids is 1. The lowest BCUT2D eigenvalue weighted by molar-refractivity contribution is -0.141. The molecule has 3 fully saturated rings. The Hall–Kier alpha value is -1.86. The largest absolute Gasteiger partial charge is 0.434 e. The van der Waals surface area contributed by atoms with Gasteiger partial charge in [-0.2, -0.15) is 13.2 Å². The molecule has 1 heterocycles. The number of amides is 1. The van der Waals surface area contributed by atoms with Crippen LogP contribution in [0.4, 0.5) is 19.0 Å². The molecule has 120 valence electrons. The van der Waals surface area contributed by atoms with Crippen LogP contribution in [-0.2, 0) is 11.0 Å². The molecule has 0 radical (unpaired) electrons. The van der Waals surface area contributed by atoms with Crippen LogP contribution in [0, 0.1) is 0 Å². The summed E-state index contributed by atoms with van der Waals surface area (Å²) in [4.78, 5) is 18.0. The summed E-state index contributed by atoms with van der Waals surface area (Å²) in [6.07, 6.45) is 3.35. The number of halogens is 3. The summed E-state index contributed by atoms with van der Waals surface area (Å²) in [5.74, 6) is 0.366. The fourth-order valence-electron chi connectivity index (χ4n) is 3.53. The van der Waals surface area contributed by atoms with Gasteiger partial charge >= 0.3 is 6.18 Å². The molecule has 0 aromatic carbocycles. The second-order valence-corrected chi connectivity index (χ2v) is 6.23. The summed E-state index contributed by atoms with van der Waals surface area (Å²) in [6, 6.07) is 0. The first-order chi connectivity index (χ1) is 10.4. The molecule has 8 heteroatoms. The Balaban J connectivity index is 1.68. The van der Waals surface area contributed by atoms with E-state index in [0.29, 0.717) is 5.82 Å². The third-order valence-electron chi connectivity index (χ3n) is 4.95. The minimum atomic E-state index is -4.47. The second-order valence-electron chi connectivity index (χ2n) is 6.23. The van der Waals surface area contributed by atoms with Crippen molar-refractivity contribution in [3.05, 3.63) is 18.1 Å². The molecule has 2 bridgehead atoms. The average Bonchev–Trinajstić information content (AvgIpc) is 2.49. The fraction of sp³-hybridized carbons (Fsp3) is 0.643. The van der Waals surface area contributed by atoms with Gasteiger partial charge in [0.15, 0.2) is 5.69 Å². The topological polar surface area (TPSA) is 66.9 Å². The molecule has 5 nitrogen and oxygen atoms in total. The number of nitrogens with one attached hydrogen (secondary N) is 2. The maximum absolute atomic E-state index is 12.5. The molecular formula is C14H17F3N4O. The van der Waals surface area contributed by atoms with Gasteiger partial charge in [-0.1, -0.05) is 0 Å². The van der Waals surface area contributed by atoms with Crippen molar-refractivity contribution in [2.45, 2.75) is 55.8 Å². The highest BCUT2D eigenvalue weighted by Gasteiger charge is 2.48. The van der Waals surface area contributed by atoms with Crippen molar-refractivity contribution in [2.75, 3.05) is 5.32 Å². The molecule has 3 saturated carbocycles. The number of rotatable bonds is 4. The molecule has 4 rings (SSSR count). The van der Waals surface area contributed by atoms with E-state index in [9.17, 15) is 18.0 Å². The fourth-order valence-corrected chi connectivity index (χ4v) is 3.53. The van der Waals surface area contributed by atoms with Crippen LogP contribution in [0.15, 0.2) is 12.4 Å². The van der Waals surface area contributed by atoms with Crippen LogP contribution in [0.25, 0.3) is 0 Å². The Labute approximate surface area is 125 Å². The molecule has 3 aliphatic carbocycles. The van der Waals surface area contributed by atoms with Crippen LogP contribution < -0.4 is 10.6 Å². The van der Waals surface area contributed by atoms with E-state index in [0.717, 1.165) is 57.3 Å². The van der Waals surface area contributed by atoms with Crippen LogP contribution >= 0.6 is 0 Å². The van der Waals surface area contributed by atoms with Gasteiger partial charge in [-0.15, -0.1) is 0 Å². The Bertz CT molecular complexity index is 534. The molecule has 3 aliphatic rings. The highest BCUT2D eigenvalue weighted by atomic mass is 19.4. The summed E-state index contributed by atoms with van der Waals surface area (Å²) in [5.41, 5.74) is -1.24. The Morgan fingerprint density at radius 2 is 1.59 bits per heavy atom. The van der Waals surface area contributed by atoms with Gasteiger partial charge in [0.05, 0.1) is 12.4 Å². The number of fused-ring (bicyclic) bond motifs is 3. The minimum absolute atomic E-state index is 0.100. The quantitative estimate of drug-likeness (QED) is 0.838. The van der Waals surface area contributed by atoms with Gasteiger partial charge in [-0.25, -0.2) is 9.97 Å². The lowest BCUT2D eigenvalue weighted by Crippen LogP contribution is -2.59. The SMILES string of the molecule is O=CNC12CCC(Nc3cnc(C(F)(F)F)cn3)(CC1)CC2. The number of carbonyl (C=O) groups is 1. The zero-order chi connectivity index (χ0) is 15.8. The van der Waals surface area contributed by atoms with Crippen LogP contribution in [0.5, 0.6) is 0 Å². The molecule has 0 atom stereocenters. The first-order valence-electron chi connectivity index (χ1n) is 7.25. The van der Waals surface area contributed by atoms with E-state index < -0.39 is 11.9 Å². The number of hydrogen-bond acceptors (Lipinski definition) is 4. The Kier molecular flexibility index (Phi) is 3.49. The molecule has 1 aromatic heterocycles. The lowest BCUT2D eigenvalue weighted by atomic mass is 9.61. The number of nitrogens with zero attached hydrogens (tertiary/aromatic N) is 2. The number of aromatic nitrogens is 2. The van der Waals surface area contributed by atoms with E-state index in [2.05, 4.69) is 20.6 Å². The molecule has 0 saturated heterocycles. The van der Waals surface area contributed by atoms with Crippen LogP contribution in [-0.4, -0.2) is 27.5 Å². The standard InChI is InChI=1S/C14H17F3N4O/c15-14(16,17)10-7-19-11(8-18-10)21-13-4-1-12(2-5-13,3-6-13)20-9-22/h7-9H,1-6H2,(H,19,21)(H,20,22). The maximum Gasteiger partial charge on any atom is 0.434 e. The van der Waals surface area contributed by atoms with E-state index in [-0.39, 0.29) is 11.1 Å². The van der Waals surface area contributed by atoms with Gasteiger partial charge in [-0.05, 0) is 38.5 Å². The van der Waals surface area contributed by atoms with E-state index in [4.69, 9.17) is 0 Å². The molecule has 1 aromatic rings. The minimum Gasteiger partial charge on any atom is -0.363 e. The van der Waals surface area contributed by atoms with Crippen molar-refractivity contribution >= 4 is 12.2 Å². The summed E-state index contributed by atoms with van der Waals surface area (Å²) < 4.78 is 37.4. The van der Waals surface area contributed by atoms with Crippen molar-refractivity contribution in [2.24, 2.45) is 0 Å². The predicted octanol–water partition coefficient (Wildman–Crippen LogP) is 2.50. The highest BCUT2D eigenvalue weighted by Crippen LogP contribution is 2.48. The number of anilines is 1. The number of hydrogen-bond donors (Lipinski definition) is 2. The van der Waals surface area contributed by atoms with Crippen molar-refractivity contribution in [1.29, 1.82) is 0 Å². The monoisotopic (exact) mass is 314 g/mol.